The van der Waals surface area contributed by atoms with E-state index in [1.54, 1.807) is 11.3 Å². The van der Waals surface area contributed by atoms with Gasteiger partial charge in [0.15, 0.2) is 0 Å². The number of thiophene rings is 1. The Kier molecular flexibility index (Phi) is 2.94. The number of hydrogen-bond acceptors (Lipinski definition) is 2. The van der Waals surface area contributed by atoms with Crippen LogP contribution in [0.15, 0.2) is 22.0 Å². The Morgan fingerprint density at radius 3 is 2.77 bits per heavy atom. The first-order chi connectivity index (χ1) is 6.08. The van der Waals surface area contributed by atoms with Crippen LogP contribution in [0.1, 0.15) is 18.2 Å². The van der Waals surface area contributed by atoms with Crippen LogP contribution < -0.4 is 0 Å². The number of alkyl halides is 1. The van der Waals surface area contributed by atoms with Gasteiger partial charge in [0.25, 0.3) is 0 Å². The maximum Gasteiger partial charge on any atom is 0.0773 e. The van der Waals surface area contributed by atoms with Crippen molar-refractivity contribution < 1.29 is 0 Å². The van der Waals surface area contributed by atoms with Gasteiger partial charge in [-0.15, -0.1) is 23.1 Å². The summed E-state index contributed by atoms with van der Waals surface area (Å²) < 4.78 is 1.49. The predicted molar refractivity (Wildman–Crippen MR) is 69.7 cm³/mol. The molecule has 2 heterocycles. The van der Waals surface area contributed by atoms with Crippen molar-refractivity contribution in [3.8, 4) is 0 Å². The summed E-state index contributed by atoms with van der Waals surface area (Å²) in [6, 6.07) is 4.26. The number of halogens is 2. The summed E-state index contributed by atoms with van der Waals surface area (Å²) >= 11 is 11.0. The SMILES string of the molecule is CC1(Br)CC(Br)=C(c2cccs2)S1. The van der Waals surface area contributed by atoms with Gasteiger partial charge in [0.1, 0.15) is 0 Å². The van der Waals surface area contributed by atoms with Gasteiger partial charge >= 0.3 is 0 Å². The van der Waals surface area contributed by atoms with Crippen molar-refractivity contribution in [2.24, 2.45) is 0 Å². The maximum absolute atomic E-state index is 3.70. The van der Waals surface area contributed by atoms with Crippen molar-refractivity contribution in [2.75, 3.05) is 0 Å². The van der Waals surface area contributed by atoms with Crippen LogP contribution >= 0.6 is 55.0 Å². The zero-order valence-corrected chi connectivity index (χ0v) is 11.8. The Morgan fingerprint density at radius 1 is 1.54 bits per heavy atom. The van der Waals surface area contributed by atoms with Crippen molar-refractivity contribution in [3.05, 3.63) is 26.9 Å². The molecule has 0 fully saturated rings. The van der Waals surface area contributed by atoms with Crippen molar-refractivity contribution in [1.29, 1.82) is 0 Å². The molecule has 2 rings (SSSR count). The van der Waals surface area contributed by atoms with Crippen molar-refractivity contribution in [3.63, 3.8) is 0 Å². The average molecular weight is 340 g/mol. The monoisotopic (exact) mass is 338 g/mol. The number of rotatable bonds is 1. The molecule has 0 saturated carbocycles. The van der Waals surface area contributed by atoms with E-state index in [0.717, 1.165) is 6.42 Å². The van der Waals surface area contributed by atoms with Crippen LogP contribution in [0, 0.1) is 0 Å². The summed E-state index contributed by atoms with van der Waals surface area (Å²) in [6.07, 6.45) is 1.06. The lowest BCUT2D eigenvalue weighted by Gasteiger charge is -2.12. The predicted octanol–water partition coefficient (Wildman–Crippen LogP) is 5.06. The lowest BCUT2D eigenvalue weighted by atomic mass is 10.3. The Bertz CT molecular complexity index is 339. The van der Waals surface area contributed by atoms with Gasteiger partial charge in [-0.05, 0) is 18.4 Å². The molecule has 70 valence electrons. The van der Waals surface area contributed by atoms with Crippen LogP contribution in [0.4, 0.5) is 0 Å². The van der Waals surface area contributed by atoms with Crippen molar-refractivity contribution >= 4 is 59.9 Å². The lowest BCUT2D eigenvalue weighted by molar-refractivity contribution is 0.943. The standard InChI is InChI=1S/C9H8Br2S2/c1-9(11)5-6(10)8(13-9)7-3-2-4-12-7/h2-4H,5H2,1H3. The normalized spacial score (nSPS) is 28.5. The van der Waals surface area contributed by atoms with Crippen LogP contribution in [0.3, 0.4) is 0 Å². The summed E-state index contributed by atoms with van der Waals surface area (Å²) in [5.41, 5.74) is 0. The Hall–Kier alpha value is 0.750. The molecule has 1 atom stereocenters. The zero-order valence-electron chi connectivity index (χ0n) is 7.01. The Morgan fingerprint density at radius 2 is 2.31 bits per heavy atom. The largest absolute Gasteiger partial charge is 0.143 e. The van der Waals surface area contributed by atoms with E-state index in [9.17, 15) is 0 Å². The highest BCUT2D eigenvalue weighted by atomic mass is 79.9. The summed E-state index contributed by atoms with van der Waals surface area (Å²) in [7, 11) is 0. The summed E-state index contributed by atoms with van der Waals surface area (Å²) in [5, 5.41) is 2.12. The Labute approximate surface area is 103 Å². The third-order valence-corrected chi connectivity index (χ3v) is 5.74. The quantitative estimate of drug-likeness (QED) is 0.644. The fraction of sp³-hybridized carbons (Fsp3) is 0.333. The first-order valence-corrected chi connectivity index (χ1v) is 7.17. The first kappa shape index (κ1) is 10.3. The van der Waals surface area contributed by atoms with E-state index in [1.165, 1.54) is 14.3 Å². The van der Waals surface area contributed by atoms with Crippen LogP contribution in [0.2, 0.25) is 0 Å². The molecule has 1 aliphatic rings. The van der Waals surface area contributed by atoms with Gasteiger partial charge < -0.3 is 0 Å². The highest BCUT2D eigenvalue weighted by Crippen LogP contribution is 2.56. The summed E-state index contributed by atoms with van der Waals surface area (Å²) in [4.78, 5) is 2.74. The van der Waals surface area contributed by atoms with Crippen LogP contribution in [0.25, 0.3) is 4.91 Å². The zero-order chi connectivity index (χ0) is 9.47. The first-order valence-electron chi connectivity index (χ1n) is 3.89. The topological polar surface area (TPSA) is 0 Å². The molecule has 1 unspecified atom stereocenters. The second-order valence-corrected chi connectivity index (χ2v) is 8.79. The molecule has 0 N–H and O–H groups in total. The second-order valence-electron chi connectivity index (χ2n) is 3.09. The molecule has 4 heteroatoms. The average Bonchev–Trinajstić information content (AvgIpc) is 2.56. The second kappa shape index (κ2) is 3.72. The van der Waals surface area contributed by atoms with E-state index in [4.69, 9.17) is 0 Å². The minimum Gasteiger partial charge on any atom is -0.143 e. The van der Waals surface area contributed by atoms with Crippen molar-refractivity contribution in [2.45, 2.75) is 17.0 Å². The van der Waals surface area contributed by atoms with Crippen LogP contribution in [-0.4, -0.2) is 3.66 Å². The molecule has 0 amide bonds. The number of thioether (sulfide) groups is 1. The molecule has 1 aromatic rings. The fourth-order valence-corrected chi connectivity index (χ4v) is 5.68. The molecule has 0 bridgehead atoms. The number of hydrogen-bond donors (Lipinski definition) is 0. The number of allylic oxidation sites excluding steroid dienone is 1. The molecule has 1 aromatic heterocycles. The molecule has 0 spiro atoms. The molecule has 0 saturated heterocycles. The third-order valence-electron chi connectivity index (χ3n) is 1.78. The van der Waals surface area contributed by atoms with E-state index >= 15 is 0 Å². The van der Waals surface area contributed by atoms with Crippen LogP contribution in [0.5, 0.6) is 0 Å². The highest BCUT2D eigenvalue weighted by Gasteiger charge is 2.33. The molecule has 0 nitrogen and oxygen atoms in total. The van der Waals surface area contributed by atoms with E-state index in [-0.39, 0.29) is 3.66 Å². The van der Waals surface area contributed by atoms with Gasteiger partial charge in [0.2, 0.25) is 0 Å². The van der Waals surface area contributed by atoms with Crippen LogP contribution in [-0.2, 0) is 0 Å². The minimum absolute atomic E-state index is 0.172. The molecule has 13 heavy (non-hydrogen) atoms. The van der Waals surface area contributed by atoms with E-state index in [0.29, 0.717) is 0 Å². The van der Waals surface area contributed by atoms with E-state index in [2.05, 4.69) is 56.3 Å². The fourth-order valence-electron chi connectivity index (χ4n) is 1.25. The third kappa shape index (κ3) is 2.22. The molecule has 0 radical (unpaired) electrons. The summed E-state index contributed by atoms with van der Waals surface area (Å²) in [5.74, 6) is 0. The van der Waals surface area contributed by atoms with E-state index in [1.807, 2.05) is 11.8 Å². The molecular weight excluding hydrogens is 332 g/mol. The van der Waals surface area contributed by atoms with Gasteiger partial charge in [-0.1, -0.05) is 37.9 Å². The van der Waals surface area contributed by atoms with Gasteiger partial charge in [0.05, 0.1) is 3.66 Å². The molecule has 0 aliphatic carbocycles. The smallest absolute Gasteiger partial charge is 0.0773 e. The highest BCUT2D eigenvalue weighted by molar-refractivity contribution is 9.13. The van der Waals surface area contributed by atoms with Gasteiger partial charge in [-0.3, -0.25) is 0 Å². The Balaban J connectivity index is 2.31. The van der Waals surface area contributed by atoms with E-state index < -0.39 is 0 Å². The molecular formula is C9H8Br2S2. The maximum atomic E-state index is 3.70. The lowest BCUT2D eigenvalue weighted by Crippen LogP contribution is -2.02. The minimum atomic E-state index is 0.172. The van der Waals surface area contributed by atoms with Gasteiger partial charge in [-0.25, -0.2) is 0 Å². The van der Waals surface area contributed by atoms with Gasteiger partial charge in [0, 0.05) is 20.7 Å². The van der Waals surface area contributed by atoms with Gasteiger partial charge in [-0.2, -0.15) is 0 Å². The van der Waals surface area contributed by atoms with Crippen molar-refractivity contribution in [1.82, 2.24) is 0 Å². The molecule has 1 aliphatic heterocycles. The summed E-state index contributed by atoms with van der Waals surface area (Å²) in [6.45, 7) is 2.21. The molecule has 0 aromatic carbocycles.